The number of aromatic nitrogens is 2. The lowest BCUT2D eigenvalue weighted by Crippen LogP contribution is -2.22. The summed E-state index contributed by atoms with van der Waals surface area (Å²) >= 11 is 0. The molecule has 1 aliphatic carbocycles. The van der Waals surface area contributed by atoms with Crippen LogP contribution in [0.2, 0.25) is 25.7 Å². The van der Waals surface area contributed by atoms with Gasteiger partial charge >= 0.3 is 5.97 Å². The van der Waals surface area contributed by atoms with Gasteiger partial charge in [-0.05, 0) is 56.9 Å². The molecule has 0 saturated heterocycles. The molecule has 1 saturated carbocycles. The third-order valence-corrected chi connectivity index (χ3v) is 8.54. The van der Waals surface area contributed by atoms with Gasteiger partial charge in [-0.2, -0.15) is 0 Å². The van der Waals surface area contributed by atoms with Crippen molar-refractivity contribution >= 4 is 25.1 Å². The molecule has 1 aromatic carbocycles. The maximum absolute atomic E-state index is 13.1. The molecule has 198 valence electrons. The van der Waals surface area contributed by atoms with Crippen LogP contribution in [0.4, 0.5) is 0 Å². The molecule has 3 heterocycles. The van der Waals surface area contributed by atoms with Crippen LogP contribution in [0, 0.1) is 12.8 Å². The molecule has 0 radical (unpaired) electrons. The van der Waals surface area contributed by atoms with Crippen molar-refractivity contribution in [1.82, 2.24) is 9.55 Å². The molecule has 5 rings (SSSR count). The Morgan fingerprint density at radius 2 is 2.00 bits per heavy atom. The molecule has 2 aliphatic rings. The highest BCUT2D eigenvalue weighted by Gasteiger charge is 2.30. The fraction of sp³-hybridized carbons (Fsp3) is 0.500. The third kappa shape index (κ3) is 5.33. The van der Waals surface area contributed by atoms with E-state index in [1.54, 1.807) is 13.1 Å². The van der Waals surface area contributed by atoms with E-state index in [1.807, 2.05) is 29.7 Å². The van der Waals surface area contributed by atoms with Crippen LogP contribution in [-0.2, 0) is 16.2 Å². The van der Waals surface area contributed by atoms with Crippen molar-refractivity contribution in [2.45, 2.75) is 59.1 Å². The van der Waals surface area contributed by atoms with Crippen LogP contribution in [0.15, 0.2) is 24.4 Å². The summed E-state index contributed by atoms with van der Waals surface area (Å²) in [7, 11) is -1.25. The Labute approximate surface area is 218 Å². The van der Waals surface area contributed by atoms with Crippen LogP contribution in [0.3, 0.4) is 0 Å². The molecule has 0 atom stereocenters. The largest absolute Gasteiger partial charge is 0.493 e. The average molecular weight is 525 g/mol. The minimum atomic E-state index is -1.25. The molecule has 2 aromatic heterocycles. The highest BCUT2D eigenvalue weighted by atomic mass is 28.3. The van der Waals surface area contributed by atoms with Crippen molar-refractivity contribution in [2.75, 3.05) is 26.6 Å². The summed E-state index contributed by atoms with van der Waals surface area (Å²) in [6, 6.07) is 6.82. The molecule has 9 heteroatoms. The summed E-state index contributed by atoms with van der Waals surface area (Å²) in [5.74, 6) is 2.25. The monoisotopic (exact) mass is 524 g/mol. The second-order valence-electron chi connectivity index (χ2n) is 10.9. The number of carbonyl (C=O) groups excluding carboxylic acids is 1. The minimum absolute atomic E-state index is 0.149. The number of ether oxygens (including phenoxy) is 5. The standard InChI is InChI=1S/C28H36N2O6Si/c1-6-33-28(31)23-18(2)30(16-32-13-14-37(3,4)5)26-20(11-12-29-25(23)26)24-21(34-15-19-7-8-19)9-10-22-27(24)36-17-35-22/h9-12,19H,6-8,13-17H2,1-5H3. The number of esters is 1. The first-order valence-corrected chi connectivity index (χ1v) is 16.8. The Balaban J connectivity index is 1.65. The summed E-state index contributed by atoms with van der Waals surface area (Å²) in [4.78, 5) is 17.7. The van der Waals surface area contributed by atoms with E-state index >= 15 is 0 Å². The quantitative estimate of drug-likeness (QED) is 0.172. The normalized spacial score (nSPS) is 14.8. The van der Waals surface area contributed by atoms with Crippen LogP contribution >= 0.6 is 0 Å². The van der Waals surface area contributed by atoms with E-state index in [0.717, 1.165) is 34.1 Å². The molecule has 0 bridgehead atoms. The molecule has 1 fully saturated rings. The van der Waals surface area contributed by atoms with Gasteiger partial charge in [-0.25, -0.2) is 4.79 Å². The van der Waals surface area contributed by atoms with Gasteiger partial charge in [-0.1, -0.05) is 19.6 Å². The van der Waals surface area contributed by atoms with Crippen molar-refractivity contribution in [3.05, 3.63) is 35.7 Å². The molecule has 1 aliphatic heterocycles. The first-order chi connectivity index (χ1) is 17.8. The average Bonchev–Trinajstić information content (AvgIpc) is 3.48. The van der Waals surface area contributed by atoms with Crippen molar-refractivity contribution in [2.24, 2.45) is 5.92 Å². The highest BCUT2D eigenvalue weighted by molar-refractivity contribution is 6.76. The van der Waals surface area contributed by atoms with E-state index in [-0.39, 0.29) is 13.4 Å². The van der Waals surface area contributed by atoms with Crippen LogP contribution < -0.4 is 14.2 Å². The van der Waals surface area contributed by atoms with E-state index in [0.29, 0.717) is 48.4 Å². The molecule has 37 heavy (non-hydrogen) atoms. The van der Waals surface area contributed by atoms with Gasteiger partial charge in [0.15, 0.2) is 11.5 Å². The van der Waals surface area contributed by atoms with Gasteiger partial charge in [0.2, 0.25) is 6.79 Å². The summed E-state index contributed by atoms with van der Waals surface area (Å²) in [5.41, 5.74) is 4.23. The van der Waals surface area contributed by atoms with E-state index in [9.17, 15) is 4.79 Å². The lowest BCUT2D eigenvalue weighted by Gasteiger charge is -2.18. The summed E-state index contributed by atoms with van der Waals surface area (Å²) < 4.78 is 31.6. The summed E-state index contributed by atoms with van der Waals surface area (Å²) in [5, 5.41) is 0. The number of benzene rings is 1. The van der Waals surface area contributed by atoms with Gasteiger partial charge in [-0.15, -0.1) is 0 Å². The van der Waals surface area contributed by atoms with E-state index in [2.05, 4.69) is 24.6 Å². The Morgan fingerprint density at radius 1 is 1.19 bits per heavy atom. The zero-order valence-corrected chi connectivity index (χ0v) is 23.4. The Kier molecular flexibility index (Phi) is 7.18. The summed E-state index contributed by atoms with van der Waals surface area (Å²) in [6.07, 6.45) is 4.11. The number of pyridine rings is 1. The predicted molar refractivity (Wildman–Crippen MR) is 144 cm³/mol. The van der Waals surface area contributed by atoms with Gasteiger partial charge in [0.25, 0.3) is 0 Å². The molecule has 0 spiro atoms. The zero-order valence-electron chi connectivity index (χ0n) is 22.4. The lowest BCUT2D eigenvalue weighted by molar-refractivity contribution is 0.0525. The van der Waals surface area contributed by atoms with E-state index in [1.165, 1.54) is 12.8 Å². The summed E-state index contributed by atoms with van der Waals surface area (Å²) in [6.45, 7) is 12.8. The Hall–Kier alpha value is -3.04. The van der Waals surface area contributed by atoms with Crippen LogP contribution in [0.1, 0.15) is 35.8 Å². The number of nitrogens with zero attached hydrogens (tertiary/aromatic N) is 2. The smallest absolute Gasteiger partial charge is 0.342 e. The number of hydrogen-bond donors (Lipinski definition) is 0. The van der Waals surface area contributed by atoms with Gasteiger partial charge in [0, 0.05) is 32.1 Å². The SMILES string of the molecule is CCOC(=O)c1c(C)n(COCC[Si](C)(C)C)c2c(-c3c(OCC4CC4)ccc4c3OCO4)ccnc12. The fourth-order valence-corrected chi connectivity index (χ4v) is 5.31. The Bertz CT molecular complexity index is 1310. The van der Waals surface area contributed by atoms with Crippen LogP contribution in [0.5, 0.6) is 17.2 Å². The van der Waals surface area contributed by atoms with Crippen molar-refractivity contribution in [1.29, 1.82) is 0 Å². The number of rotatable bonds is 11. The fourth-order valence-electron chi connectivity index (χ4n) is 4.55. The van der Waals surface area contributed by atoms with Crippen LogP contribution in [0.25, 0.3) is 22.2 Å². The molecule has 0 unspecified atom stereocenters. The Morgan fingerprint density at radius 3 is 2.73 bits per heavy atom. The minimum Gasteiger partial charge on any atom is -0.493 e. The van der Waals surface area contributed by atoms with Crippen molar-refractivity contribution in [3.8, 4) is 28.4 Å². The first kappa shape index (κ1) is 25.6. The number of carbonyl (C=O) groups is 1. The molecular formula is C28H36N2O6Si. The predicted octanol–water partition coefficient (Wildman–Crippen LogP) is 6.02. The van der Waals surface area contributed by atoms with Crippen molar-refractivity contribution < 1.29 is 28.5 Å². The maximum Gasteiger partial charge on any atom is 0.342 e. The van der Waals surface area contributed by atoms with Gasteiger partial charge in [0.05, 0.1) is 24.3 Å². The first-order valence-electron chi connectivity index (χ1n) is 13.1. The third-order valence-electron chi connectivity index (χ3n) is 6.84. The lowest BCUT2D eigenvalue weighted by atomic mass is 10.0. The molecule has 8 nitrogen and oxygen atoms in total. The van der Waals surface area contributed by atoms with Gasteiger partial charge < -0.3 is 28.3 Å². The van der Waals surface area contributed by atoms with E-state index in [4.69, 9.17) is 23.7 Å². The molecule has 0 amide bonds. The van der Waals surface area contributed by atoms with E-state index < -0.39 is 14.0 Å². The molecule has 0 N–H and O–H groups in total. The highest BCUT2D eigenvalue weighted by Crippen LogP contribution is 2.49. The molecular weight excluding hydrogens is 488 g/mol. The number of fused-ring (bicyclic) bond motifs is 2. The molecule has 3 aromatic rings. The maximum atomic E-state index is 13.1. The topological polar surface area (TPSA) is 81.0 Å². The van der Waals surface area contributed by atoms with Crippen LogP contribution in [-0.4, -0.2) is 50.2 Å². The second kappa shape index (κ2) is 10.4. The second-order valence-corrected chi connectivity index (χ2v) is 16.6. The van der Waals surface area contributed by atoms with Gasteiger partial charge in [0.1, 0.15) is 23.6 Å². The number of hydrogen-bond acceptors (Lipinski definition) is 7. The van der Waals surface area contributed by atoms with Crippen molar-refractivity contribution in [3.63, 3.8) is 0 Å². The zero-order chi connectivity index (χ0) is 26.2. The van der Waals surface area contributed by atoms with Gasteiger partial charge in [-0.3, -0.25) is 4.98 Å².